The van der Waals surface area contributed by atoms with Crippen molar-refractivity contribution in [3.05, 3.63) is 40.3 Å². The van der Waals surface area contributed by atoms with Crippen LogP contribution in [0.1, 0.15) is 35.7 Å². The maximum absolute atomic E-state index is 12.3. The Kier molecular flexibility index (Phi) is 6.35. The third-order valence-electron chi connectivity index (χ3n) is 3.38. The van der Waals surface area contributed by atoms with E-state index < -0.39 is 29.6 Å². The minimum atomic E-state index is -1.05. The van der Waals surface area contributed by atoms with Crippen molar-refractivity contribution in [3.63, 3.8) is 0 Å². The molecule has 1 aromatic rings. The summed E-state index contributed by atoms with van der Waals surface area (Å²) < 4.78 is 4.96. The van der Waals surface area contributed by atoms with E-state index in [1.54, 1.807) is 0 Å². The number of carboxylic acid groups (broad SMARTS) is 1. The van der Waals surface area contributed by atoms with Crippen molar-refractivity contribution in [1.82, 2.24) is 4.90 Å². The van der Waals surface area contributed by atoms with Gasteiger partial charge in [-0.25, -0.2) is 4.79 Å². The number of hydrogen-bond acceptors (Lipinski definition) is 6. The summed E-state index contributed by atoms with van der Waals surface area (Å²) in [5.74, 6) is -2.24. The monoisotopic (exact) mass is 363 g/mol. The van der Waals surface area contributed by atoms with E-state index in [1.165, 1.54) is 30.3 Å². The van der Waals surface area contributed by atoms with Crippen molar-refractivity contribution in [1.29, 1.82) is 0 Å². The van der Waals surface area contributed by atoms with E-state index in [0.29, 0.717) is 5.56 Å². The summed E-state index contributed by atoms with van der Waals surface area (Å²) in [6.45, 7) is 1.80. The molecule has 1 N–H and O–H groups in total. The molecule has 2 amide bonds. The number of aromatic carboxylic acids is 1. The van der Waals surface area contributed by atoms with E-state index in [4.69, 9.17) is 9.84 Å². The Labute approximate surface area is 148 Å². The summed E-state index contributed by atoms with van der Waals surface area (Å²) >= 11 is 0.732. The molecule has 0 radical (unpaired) electrons. The number of imide groups is 1. The highest BCUT2D eigenvalue weighted by atomic mass is 32.2. The SMILES string of the molecule is CCCCOC(=O)CN1C(=O)SC(=Cc2ccc(C(=O)O)cc2)C1=O. The normalized spacial score (nSPS) is 15.7. The first-order valence-corrected chi connectivity index (χ1v) is 8.48. The highest BCUT2D eigenvalue weighted by Crippen LogP contribution is 2.32. The van der Waals surface area contributed by atoms with Crippen molar-refractivity contribution in [2.24, 2.45) is 0 Å². The summed E-state index contributed by atoms with van der Waals surface area (Å²) in [4.78, 5) is 47.7. The van der Waals surface area contributed by atoms with Gasteiger partial charge in [0, 0.05) is 0 Å². The van der Waals surface area contributed by atoms with Gasteiger partial charge in [0.2, 0.25) is 0 Å². The molecule has 1 heterocycles. The summed E-state index contributed by atoms with van der Waals surface area (Å²) in [5.41, 5.74) is 0.709. The van der Waals surface area contributed by atoms with Crippen molar-refractivity contribution >= 4 is 40.9 Å². The molecule has 25 heavy (non-hydrogen) atoms. The van der Waals surface area contributed by atoms with Gasteiger partial charge in [-0.05, 0) is 42.0 Å². The largest absolute Gasteiger partial charge is 0.478 e. The first-order chi connectivity index (χ1) is 11.9. The average molecular weight is 363 g/mol. The number of carbonyl (C=O) groups is 4. The van der Waals surface area contributed by atoms with E-state index in [0.717, 1.165) is 29.5 Å². The van der Waals surface area contributed by atoms with Crippen molar-refractivity contribution in [2.45, 2.75) is 19.8 Å². The number of benzene rings is 1. The van der Waals surface area contributed by atoms with E-state index in [1.807, 2.05) is 6.92 Å². The molecule has 0 aromatic heterocycles. The van der Waals surface area contributed by atoms with Gasteiger partial charge in [-0.2, -0.15) is 0 Å². The number of amides is 2. The van der Waals surface area contributed by atoms with Crippen LogP contribution < -0.4 is 0 Å². The number of ether oxygens (including phenoxy) is 1. The Bertz CT molecular complexity index is 725. The van der Waals surface area contributed by atoms with Gasteiger partial charge in [-0.15, -0.1) is 0 Å². The molecule has 0 aliphatic carbocycles. The van der Waals surface area contributed by atoms with Crippen molar-refractivity contribution < 1.29 is 29.0 Å². The van der Waals surface area contributed by atoms with Crippen LogP contribution in [0, 0.1) is 0 Å². The number of rotatable bonds is 7. The molecule has 1 saturated heterocycles. The van der Waals surface area contributed by atoms with Crippen LogP contribution in [0.5, 0.6) is 0 Å². The second-order valence-electron chi connectivity index (χ2n) is 5.27. The molecule has 1 aliphatic rings. The molecule has 0 atom stereocenters. The van der Waals surface area contributed by atoms with Gasteiger partial charge >= 0.3 is 11.9 Å². The quantitative estimate of drug-likeness (QED) is 0.451. The highest BCUT2D eigenvalue weighted by molar-refractivity contribution is 8.18. The third-order valence-corrected chi connectivity index (χ3v) is 4.28. The summed E-state index contributed by atoms with van der Waals surface area (Å²) in [6, 6.07) is 5.89. The lowest BCUT2D eigenvalue weighted by Crippen LogP contribution is -2.34. The zero-order chi connectivity index (χ0) is 18.4. The molecule has 0 unspecified atom stereocenters. The maximum atomic E-state index is 12.3. The van der Waals surface area contributed by atoms with Crippen LogP contribution >= 0.6 is 11.8 Å². The molecule has 0 bridgehead atoms. The van der Waals surface area contributed by atoms with Crippen molar-refractivity contribution in [2.75, 3.05) is 13.2 Å². The Morgan fingerprint density at radius 2 is 1.92 bits per heavy atom. The molecule has 8 heteroatoms. The van der Waals surface area contributed by atoms with Crippen LogP contribution in [0.4, 0.5) is 4.79 Å². The Morgan fingerprint density at radius 1 is 1.24 bits per heavy atom. The minimum absolute atomic E-state index is 0.125. The number of carboxylic acids is 1. The fraction of sp³-hybridized carbons (Fsp3) is 0.294. The van der Waals surface area contributed by atoms with Crippen LogP contribution in [0.3, 0.4) is 0 Å². The molecule has 1 aliphatic heterocycles. The molecule has 0 spiro atoms. The Hall–Kier alpha value is -2.61. The zero-order valence-corrected chi connectivity index (χ0v) is 14.4. The third kappa shape index (κ3) is 4.93. The van der Waals surface area contributed by atoms with Crippen LogP contribution in [0.15, 0.2) is 29.2 Å². The fourth-order valence-corrected chi connectivity index (χ4v) is 2.85. The van der Waals surface area contributed by atoms with Gasteiger partial charge in [0.1, 0.15) is 6.54 Å². The van der Waals surface area contributed by atoms with Crippen LogP contribution in [-0.2, 0) is 14.3 Å². The molecule has 0 saturated carbocycles. The molecule has 1 fully saturated rings. The first-order valence-electron chi connectivity index (χ1n) is 7.66. The molecule has 7 nitrogen and oxygen atoms in total. The van der Waals surface area contributed by atoms with Gasteiger partial charge in [0.05, 0.1) is 17.1 Å². The van der Waals surface area contributed by atoms with Crippen LogP contribution in [0.25, 0.3) is 6.08 Å². The standard InChI is InChI=1S/C17H17NO6S/c1-2-3-8-24-14(19)10-18-15(20)13(25-17(18)23)9-11-4-6-12(7-5-11)16(21)22/h4-7,9H,2-3,8,10H2,1H3,(H,21,22). The fourth-order valence-electron chi connectivity index (χ4n) is 2.01. The van der Waals surface area contributed by atoms with Gasteiger partial charge in [0.25, 0.3) is 11.1 Å². The molecular weight excluding hydrogens is 346 g/mol. The summed E-state index contributed by atoms with van der Waals surface area (Å²) in [7, 11) is 0. The molecule has 2 rings (SSSR count). The van der Waals surface area contributed by atoms with E-state index in [2.05, 4.69) is 0 Å². The number of nitrogens with zero attached hydrogens (tertiary/aromatic N) is 1. The van der Waals surface area contributed by atoms with Gasteiger partial charge in [-0.1, -0.05) is 25.5 Å². The van der Waals surface area contributed by atoms with Gasteiger partial charge < -0.3 is 9.84 Å². The molecule has 132 valence electrons. The number of unbranched alkanes of at least 4 members (excludes halogenated alkanes) is 1. The Morgan fingerprint density at radius 3 is 2.52 bits per heavy atom. The van der Waals surface area contributed by atoms with Crippen LogP contribution in [-0.4, -0.2) is 46.2 Å². The highest BCUT2D eigenvalue weighted by Gasteiger charge is 2.36. The van der Waals surface area contributed by atoms with Gasteiger partial charge in [0.15, 0.2) is 0 Å². The summed E-state index contributed by atoms with van der Waals surface area (Å²) in [5, 5.41) is 8.33. The smallest absolute Gasteiger partial charge is 0.335 e. The number of esters is 1. The van der Waals surface area contributed by atoms with E-state index in [-0.39, 0.29) is 17.1 Å². The number of thioether (sulfide) groups is 1. The van der Waals surface area contributed by atoms with E-state index in [9.17, 15) is 19.2 Å². The van der Waals surface area contributed by atoms with E-state index >= 15 is 0 Å². The Balaban J connectivity index is 2.04. The summed E-state index contributed by atoms with van der Waals surface area (Å²) in [6.07, 6.45) is 3.08. The molecular formula is C17H17NO6S. The average Bonchev–Trinajstić information content (AvgIpc) is 2.83. The lowest BCUT2D eigenvalue weighted by Gasteiger charge is -2.11. The zero-order valence-electron chi connectivity index (χ0n) is 13.6. The number of carbonyl (C=O) groups excluding carboxylic acids is 3. The minimum Gasteiger partial charge on any atom is -0.478 e. The predicted octanol–water partition coefficient (Wildman–Crippen LogP) is 2.76. The van der Waals surface area contributed by atoms with Crippen molar-refractivity contribution in [3.8, 4) is 0 Å². The van der Waals surface area contributed by atoms with Crippen LogP contribution in [0.2, 0.25) is 0 Å². The second kappa shape index (κ2) is 8.48. The number of hydrogen-bond donors (Lipinski definition) is 1. The predicted molar refractivity (Wildman–Crippen MR) is 91.9 cm³/mol. The van der Waals surface area contributed by atoms with Gasteiger partial charge in [-0.3, -0.25) is 19.3 Å². The topological polar surface area (TPSA) is 101 Å². The maximum Gasteiger partial charge on any atom is 0.335 e. The first kappa shape index (κ1) is 18.7. The lowest BCUT2D eigenvalue weighted by molar-refractivity contribution is -0.146. The lowest BCUT2D eigenvalue weighted by atomic mass is 10.1. The molecule has 1 aromatic carbocycles. The second-order valence-corrected chi connectivity index (χ2v) is 6.26.